The molecular formula is C23H17ClN4O2. The Hall–Kier alpha value is -3.69. The molecule has 0 unspecified atom stereocenters. The monoisotopic (exact) mass is 416 g/mol. The Bertz CT molecular complexity index is 1140. The molecule has 1 aromatic heterocycles. The Morgan fingerprint density at radius 2 is 1.80 bits per heavy atom. The molecule has 1 aliphatic rings. The van der Waals surface area contributed by atoms with Gasteiger partial charge in [-0.2, -0.15) is 5.26 Å². The van der Waals surface area contributed by atoms with E-state index in [1.165, 1.54) is 4.90 Å². The maximum atomic E-state index is 13.1. The average Bonchev–Trinajstić information content (AvgIpc) is 2.91. The number of pyridine rings is 1. The summed E-state index contributed by atoms with van der Waals surface area (Å²) >= 11 is 5.92. The molecule has 7 heteroatoms. The van der Waals surface area contributed by atoms with Crippen LogP contribution in [0.15, 0.2) is 67.0 Å². The van der Waals surface area contributed by atoms with Crippen LogP contribution in [0.1, 0.15) is 27.0 Å². The number of halogens is 1. The maximum absolute atomic E-state index is 13.1. The van der Waals surface area contributed by atoms with Gasteiger partial charge in [0.1, 0.15) is 6.54 Å². The lowest BCUT2D eigenvalue weighted by atomic mass is 10.1. The third-order valence-corrected chi connectivity index (χ3v) is 5.21. The number of carbonyl (C=O) groups is 2. The molecule has 2 aromatic carbocycles. The molecule has 3 aromatic rings. The van der Waals surface area contributed by atoms with Crippen molar-refractivity contribution >= 4 is 29.1 Å². The zero-order valence-electron chi connectivity index (χ0n) is 16.0. The summed E-state index contributed by atoms with van der Waals surface area (Å²) in [4.78, 5) is 33.5. The molecule has 2 amide bonds. The number of anilines is 1. The van der Waals surface area contributed by atoms with Crippen LogP contribution < -0.4 is 4.90 Å². The van der Waals surface area contributed by atoms with Gasteiger partial charge in [-0.25, -0.2) is 0 Å². The first-order valence-corrected chi connectivity index (χ1v) is 9.70. The number of nitrogens with zero attached hydrogens (tertiary/aromatic N) is 4. The highest BCUT2D eigenvalue weighted by atomic mass is 35.5. The van der Waals surface area contributed by atoms with Crippen molar-refractivity contribution in [1.82, 2.24) is 9.88 Å². The lowest BCUT2D eigenvalue weighted by Crippen LogP contribution is -2.39. The molecule has 30 heavy (non-hydrogen) atoms. The van der Waals surface area contributed by atoms with Gasteiger partial charge >= 0.3 is 0 Å². The second-order valence-corrected chi connectivity index (χ2v) is 7.40. The van der Waals surface area contributed by atoms with Crippen LogP contribution in [0.2, 0.25) is 5.02 Å². The van der Waals surface area contributed by atoms with Gasteiger partial charge < -0.3 is 9.80 Å². The van der Waals surface area contributed by atoms with Gasteiger partial charge in [0, 0.05) is 28.5 Å². The van der Waals surface area contributed by atoms with Crippen molar-refractivity contribution in [2.24, 2.45) is 0 Å². The van der Waals surface area contributed by atoms with Gasteiger partial charge in [-0.1, -0.05) is 23.7 Å². The Kier molecular flexibility index (Phi) is 5.46. The van der Waals surface area contributed by atoms with Crippen LogP contribution in [-0.4, -0.2) is 28.2 Å². The molecule has 4 rings (SSSR count). The molecule has 0 spiro atoms. The summed E-state index contributed by atoms with van der Waals surface area (Å²) in [5, 5.41) is 9.53. The molecule has 0 saturated heterocycles. The fraction of sp³-hybridized carbons (Fsp3) is 0.130. The molecule has 0 fully saturated rings. The van der Waals surface area contributed by atoms with E-state index in [1.807, 2.05) is 12.1 Å². The summed E-state index contributed by atoms with van der Waals surface area (Å²) < 4.78 is 0. The van der Waals surface area contributed by atoms with E-state index in [1.54, 1.807) is 59.8 Å². The van der Waals surface area contributed by atoms with Gasteiger partial charge in [0.2, 0.25) is 5.91 Å². The maximum Gasteiger partial charge on any atom is 0.254 e. The SMILES string of the molecule is N#Cc1ccc(CN2C(=O)CN(C(=O)c3ccc(Cl)cc3)Cc3cnccc32)cc1. The quantitative estimate of drug-likeness (QED) is 0.650. The van der Waals surface area contributed by atoms with E-state index in [0.717, 1.165) is 16.8 Å². The number of benzene rings is 2. The number of fused-ring (bicyclic) bond motifs is 1. The number of aromatic nitrogens is 1. The molecule has 0 bridgehead atoms. The van der Waals surface area contributed by atoms with Crippen molar-refractivity contribution in [2.45, 2.75) is 13.1 Å². The van der Waals surface area contributed by atoms with Crippen molar-refractivity contribution in [3.8, 4) is 6.07 Å². The van der Waals surface area contributed by atoms with E-state index in [4.69, 9.17) is 16.9 Å². The zero-order chi connectivity index (χ0) is 21.1. The van der Waals surface area contributed by atoms with Crippen molar-refractivity contribution in [2.75, 3.05) is 11.4 Å². The molecular weight excluding hydrogens is 400 g/mol. The van der Waals surface area contributed by atoms with Crippen LogP contribution in [-0.2, 0) is 17.9 Å². The van der Waals surface area contributed by atoms with Gasteiger partial charge in [0.25, 0.3) is 5.91 Å². The lowest BCUT2D eigenvalue weighted by Gasteiger charge is -2.23. The van der Waals surface area contributed by atoms with Gasteiger partial charge in [-0.05, 0) is 48.0 Å². The van der Waals surface area contributed by atoms with Gasteiger partial charge in [0.15, 0.2) is 0 Å². The smallest absolute Gasteiger partial charge is 0.254 e. The summed E-state index contributed by atoms with van der Waals surface area (Å²) in [6, 6.07) is 17.6. The number of rotatable bonds is 3. The van der Waals surface area contributed by atoms with Crippen LogP contribution in [0.4, 0.5) is 5.69 Å². The van der Waals surface area contributed by atoms with Gasteiger partial charge in [-0.3, -0.25) is 14.6 Å². The summed E-state index contributed by atoms with van der Waals surface area (Å²) in [5.74, 6) is -0.429. The summed E-state index contributed by atoms with van der Waals surface area (Å²) in [6.07, 6.45) is 3.32. The summed E-state index contributed by atoms with van der Waals surface area (Å²) in [7, 11) is 0. The Morgan fingerprint density at radius 1 is 1.07 bits per heavy atom. The van der Waals surface area contributed by atoms with Crippen LogP contribution in [0.5, 0.6) is 0 Å². The Balaban J connectivity index is 1.64. The minimum absolute atomic E-state index is 0.0492. The molecule has 1 aliphatic heterocycles. The highest BCUT2D eigenvalue weighted by Gasteiger charge is 2.29. The van der Waals surface area contributed by atoms with E-state index in [9.17, 15) is 9.59 Å². The van der Waals surface area contributed by atoms with Crippen LogP contribution in [0.25, 0.3) is 0 Å². The van der Waals surface area contributed by atoms with Crippen LogP contribution in [0, 0.1) is 11.3 Å². The standard InChI is InChI=1S/C23H17ClN4O2/c24-20-7-5-18(6-8-20)23(30)27-14-19-12-26-10-9-21(19)28(22(29)15-27)13-17-3-1-16(11-25)2-4-17/h1-10,12H,13-15H2. The fourth-order valence-electron chi connectivity index (χ4n) is 3.41. The third kappa shape index (κ3) is 4.02. The summed E-state index contributed by atoms with van der Waals surface area (Å²) in [6.45, 7) is 0.567. The first-order chi connectivity index (χ1) is 14.5. The molecule has 148 valence electrons. The first kappa shape index (κ1) is 19.6. The van der Waals surface area contributed by atoms with Gasteiger partial charge in [0.05, 0.1) is 30.4 Å². The lowest BCUT2D eigenvalue weighted by molar-refractivity contribution is -0.119. The Labute approximate surface area is 178 Å². The Morgan fingerprint density at radius 3 is 2.50 bits per heavy atom. The topological polar surface area (TPSA) is 77.3 Å². The van der Waals surface area contributed by atoms with E-state index < -0.39 is 0 Å². The second kappa shape index (κ2) is 8.36. The highest BCUT2D eigenvalue weighted by molar-refractivity contribution is 6.30. The fourth-order valence-corrected chi connectivity index (χ4v) is 3.53. The largest absolute Gasteiger partial charge is 0.325 e. The van der Waals surface area contributed by atoms with Crippen molar-refractivity contribution < 1.29 is 9.59 Å². The molecule has 0 radical (unpaired) electrons. The van der Waals surface area contributed by atoms with E-state index in [0.29, 0.717) is 22.7 Å². The van der Waals surface area contributed by atoms with E-state index >= 15 is 0 Å². The van der Waals surface area contributed by atoms with Crippen molar-refractivity contribution in [3.63, 3.8) is 0 Å². The molecule has 0 atom stereocenters. The third-order valence-electron chi connectivity index (χ3n) is 4.96. The van der Waals surface area contributed by atoms with E-state index in [2.05, 4.69) is 11.1 Å². The minimum Gasteiger partial charge on any atom is -0.325 e. The highest BCUT2D eigenvalue weighted by Crippen LogP contribution is 2.27. The van der Waals surface area contributed by atoms with Crippen LogP contribution >= 0.6 is 11.6 Å². The molecule has 0 saturated carbocycles. The molecule has 0 aliphatic carbocycles. The van der Waals surface area contributed by atoms with E-state index in [-0.39, 0.29) is 24.9 Å². The second-order valence-electron chi connectivity index (χ2n) is 6.96. The van der Waals surface area contributed by atoms with Crippen molar-refractivity contribution in [3.05, 3.63) is 94.3 Å². The number of nitriles is 1. The minimum atomic E-state index is -0.241. The number of hydrogen-bond donors (Lipinski definition) is 0. The summed E-state index contributed by atoms with van der Waals surface area (Å²) in [5.41, 5.74) is 3.44. The molecule has 6 nitrogen and oxygen atoms in total. The number of carbonyl (C=O) groups excluding carboxylic acids is 2. The van der Waals surface area contributed by atoms with Crippen molar-refractivity contribution in [1.29, 1.82) is 5.26 Å². The zero-order valence-corrected chi connectivity index (χ0v) is 16.7. The molecule has 2 heterocycles. The first-order valence-electron chi connectivity index (χ1n) is 9.32. The number of amides is 2. The predicted molar refractivity (Wildman–Crippen MR) is 113 cm³/mol. The van der Waals surface area contributed by atoms with Crippen LogP contribution in [0.3, 0.4) is 0 Å². The average molecular weight is 417 g/mol. The predicted octanol–water partition coefficient (Wildman–Crippen LogP) is 3.80. The van der Waals surface area contributed by atoms with Gasteiger partial charge in [-0.15, -0.1) is 0 Å². The normalized spacial score (nSPS) is 13.4. The number of hydrogen-bond acceptors (Lipinski definition) is 4. The molecule has 0 N–H and O–H groups in total.